The van der Waals surface area contributed by atoms with Crippen molar-refractivity contribution in [1.29, 1.82) is 0 Å². The van der Waals surface area contributed by atoms with E-state index < -0.39 is 0 Å². The van der Waals surface area contributed by atoms with Crippen LogP contribution >= 0.6 is 0 Å². The van der Waals surface area contributed by atoms with Crippen molar-refractivity contribution in [2.45, 2.75) is 27.7 Å². The van der Waals surface area contributed by atoms with Gasteiger partial charge >= 0.3 is 0 Å². The molecule has 14 heavy (non-hydrogen) atoms. The monoisotopic (exact) mass is 193 g/mol. The molecule has 0 atom stereocenters. The Hall–Kier alpha value is -1.18. The highest BCUT2D eigenvalue weighted by Gasteiger charge is 2.03. The lowest BCUT2D eigenvalue weighted by atomic mass is 10.1. The minimum Gasteiger partial charge on any atom is -0.494 e. The van der Waals surface area contributed by atoms with Crippen molar-refractivity contribution in [3.05, 3.63) is 23.3 Å². The van der Waals surface area contributed by atoms with Gasteiger partial charge in [-0.1, -0.05) is 0 Å². The number of hydrogen-bond donors (Lipinski definition) is 1. The Morgan fingerprint density at radius 3 is 2.43 bits per heavy atom. The van der Waals surface area contributed by atoms with Crippen LogP contribution in [0.5, 0.6) is 5.75 Å². The van der Waals surface area contributed by atoms with Gasteiger partial charge in [0.05, 0.1) is 6.61 Å². The standard InChI is InChI=1S/C12H19NO/c1-5-13-11-7-10(4)12(14-6-2)8-9(11)3/h7-8,13H,5-6H2,1-4H3. The number of ether oxygens (including phenoxy) is 1. The number of benzene rings is 1. The number of aryl methyl sites for hydroxylation is 2. The minimum atomic E-state index is 0.723. The first-order chi connectivity index (χ1) is 6.69. The van der Waals surface area contributed by atoms with Crippen LogP contribution in [0.2, 0.25) is 0 Å². The Morgan fingerprint density at radius 2 is 1.86 bits per heavy atom. The van der Waals surface area contributed by atoms with E-state index in [0.29, 0.717) is 0 Å². The van der Waals surface area contributed by atoms with E-state index in [4.69, 9.17) is 4.74 Å². The molecule has 0 fully saturated rings. The van der Waals surface area contributed by atoms with E-state index in [1.165, 1.54) is 16.8 Å². The average molecular weight is 193 g/mol. The van der Waals surface area contributed by atoms with Gasteiger partial charge < -0.3 is 10.1 Å². The van der Waals surface area contributed by atoms with Crippen LogP contribution in [0.25, 0.3) is 0 Å². The Labute approximate surface area is 86.3 Å². The van der Waals surface area contributed by atoms with Crippen molar-refractivity contribution < 1.29 is 4.74 Å². The van der Waals surface area contributed by atoms with E-state index in [-0.39, 0.29) is 0 Å². The van der Waals surface area contributed by atoms with Crippen molar-refractivity contribution >= 4 is 5.69 Å². The summed E-state index contributed by atoms with van der Waals surface area (Å²) in [5, 5.41) is 3.33. The van der Waals surface area contributed by atoms with Gasteiger partial charge in [-0.3, -0.25) is 0 Å². The third-order valence-electron chi connectivity index (χ3n) is 2.19. The molecular weight excluding hydrogens is 174 g/mol. The maximum absolute atomic E-state index is 5.52. The average Bonchev–Trinajstić information content (AvgIpc) is 2.14. The van der Waals surface area contributed by atoms with Crippen LogP contribution in [0.3, 0.4) is 0 Å². The van der Waals surface area contributed by atoms with Gasteiger partial charge in [0.15, 0.2) is 0 Å². The van der Waals surface area contributed by atoms with Gasteiger partial charge in [0.2, 0.25) is 0 Å². The molecule has 0 bridgehead atoms. The number of anilines is 1. The third kappa shape index (κ3) is 2.41. The molecule has 0 unspecified atom stereocenters. The molecule has 0 radical (unpaired) electrons. The van der Waals surface area contributed by atoms with Crippen molar-refractivity contribution in [2.75, 3.05) is 18.5 Å². The second kappa shape index (κ2) is 4.89. The molecule has 1 aromatic carbocycles. The molecule has 1 N–H and O–H groups in total. The van der Waals surface area contributed by atoms with Crippen molar-refractivity contribution in [1.82, 2.24) is 0 Å². The van der Waals surface area contributed by atoms with Crippen molar-refractivity contribution in [3.63, 3.8) is 0 Å². The van der Waals surface area contributed by atoms with Gasteiger partial charge in [-0.25, -0.2) is 0 Å². The highest BCUT2D eigenvalue weighted by Crippen LogP contribution is 2.25. The highest BCUT2D eigenvalue weighted by molar-refractivity contribution is 5.56. The zero-order valence-corrected chi connectivity index (χ0v) is 9.48. The smallest absolute Gasteiger partial charge is 0.122 e. The molecule has 2 heteroatoms. The Balaban J connectivity index is 2.97. The van der Waals surface area contributed by atoms with E-state index in [9.17, 15) is 0 Å². The first-order valence-corrected chi connectivity index (χ1v) is 5.17. The Morgan fingerprint density at radius 1 is 1.14 bits per heavy atom. The second-order valence-electron chi connectivity index (χ2n) is 3.40. The molecule has 0 aliphatic heterocycles. The fourth-order valence-electron chi connectivity index (χ4n) is 1.48. The topological polar surface area (TPSA) is 21.3 Å². The van der Waals surface area contributed by atoms with Crippen LogP contribution < -0.4 is 10.1 Å². The largest absolute Gasteiger partial charge is 0.494 e. The molecule has 0 heterocycles. The van der Waals surface area contributed by atoms with Crippen molar-refractivity contribution in [2.24, 2.45) is 0 Å². The maximum atomic E-state index is 5.52. The molecule has 2 nitrogen and oxygen atoms in total. The van der Waals surface area contributed by atoms with Crippen molar-refractivity contribution in [3.8, 4) is 5.75 Å². The summed E-state index contributed by atoms with van der Waals surface area (Å²) in [4.78, 5) is 0. The summed E-state index contributed by atoms with van der Waals surface area (Å²) in [5.41, 5.74) is 3.63. The summed E-state index contributed by atoms with van der Waals surface area (Å²) >= 11 is 0. The Bertz CT molecular complexity index is 276. The molecular formula is C12H19NO. The van der Waals surface area contributed by atoms with E-state index in [2.05, 4.69) is 38.2 Å². The molecule has 0 spiro atoms. The third-order valence-corrected chi connectivity index (χ3v) is 2.19. The summed E-state index contributed by atoms with van der Waals surface area (Å²) in [5.74, 6) is 0.992. The summed E-state index contributed by atoms with van der Waals surface area (Å²) in [6, 6.07) is 4.24. The van der Waals surface area contributed by atoms with Crippen LogP contribution in [0.4, 0.5) is 5.69 Å². The normalized spacial score (nSPS) is 10.0. The summed E-state index contributed by atoms with van der Waals surface area (Å²) < 4.78 is 5.52. The van der Waals surface area contributed by atoms with Crippen LogP contribution in [-0.4, -0.2) is 13.2 Å². The first-order valence-electron chi connectivity index (χ1n) is 5.17. The van der Waals surface area contributed by atoms with Crippen LogP contribution in [0, 0.1) is 13.8 Å². The molecule has 0 aliphatic carbocycles. The van der Waals surface area contributed by atoms with Crippen LogP contribution in [0.1, 0.15) is 25.0 Å². The molecule has 0 amide bonds. The first kappa shape index (κ1) is 10.9. The highest BCUT2D eigenvalue weighted by atomic mass is 16.5. The van der Waals surface area contributed by atoms with Gasteiger partial charge in [0, 0.05) is 12.2 Å². The molecule has 1 aromatic rings. The zero-order chi connectivity index (χ0) is 10.6. The van der Waals surface area contributed by atoms with Gasteiger partial charge in [-0.15, -0.1) is 0 Å². The van der Waals surface area contributed by atoms with E-state index in [0.717, 1.165) is 18.9 Å². The number of nitrogens with one attached hydrogen (secondary N) is 1. The summed E-state index contributed by atoms with van der Waals surface area (Å²) in [6.45, 7) is 9.96. The number of rotatable bonds is 4. The van der Waals surface area contributed by atoms with Crippen LogP contribution in [0.15, 0.2) is 12.1 Å². The van der Waals surface area contributed by atoms with Gasteiger partial charge in [0.25, 0.3) is 0 Å². The van der Waals surface area contributed by atoms with E-state index >= 15 is 0 Å². The van der Waals surface area contributed by atoms with E-state index in [1.54, 1.807) is 0 Å². The lowest BCUT2D eigenvalue weighted by molar-refractivity contribution is 0.337. The van der Waals surface area contributed by atoms with E-state index in [1.807, 2.05) is 6.92 Å². The molecule has 0 saturated heterocycles. The molecule has 0 aliphatic rings. The Kier molecular flexibility index (Phi) is 3.81. The lowest BCUT2D eigenvalue weighted by Crippen LogP contribution is -2.01. The molecule has 1 rings (SSSR count). The fraction of sp³-hybridized carbons (Fsp3) is 0.500. The number of hydrogen-bond acceptors (Lipinski definition) is 2. The van der Waals surface area contributed by atoms with Gasteiger partial charge in [0.1, 0.15) is 5.75 Å². The molecule has 78 valence electrons. The predicted octanol–water partition coefficient (Wildman–Crippen LogP) is 3.13. The predicted molar refractivity (Wildman–Crippen MR) is 61.2 cm³/mol. The van der Waals surface area contributed by atoms with Crippen LogP contribution in [-0.2, 0) is 0 Å². The van der Waals surface area contributed by atoms with Gasteiger partial charge in [-0.2, -0.15) is 0 Å². The lowest BCUT2D eigenvalue weighted by Gasteiger charge is -2.13. The quantitative estimate of drug-likeness (QED) is 0.793. The maximum Gasteiger partial charge on any atom is 0.122 e. The molecule has 0 saturated carbocycles. The molecule has 0 aromatic heterocycles. The summed E-state index contributed by atoms with van der Waals surface area (Å²) in [7, 11) is 0. The minimum absolute atomic E-state index is 0.723. The summed E-state index contributed by atoms with van der Waals surface area (Å²) in [6.07, 6.45) is 0. The van der Waals surface area contributed by atoms with Gasteiger partial charge in [-0.05, 0) is 51.0 Å². The zero-order valence-electron chi connectivity index (χ0n) is 9.48. The SMILES string of the molecule is CCNc1cc(C)c(OCC)cc1C. The second-order valence-corrected chi connectivity index (χ2v) is 3.40. The fourth-order valence-corrected chi connectivity index (χ4v) is 1.48.